The lowest BCUT2D eigenvalue weighted by Gasteiger charge is -2.06. The molecule has 2 aromatic rings. The molecule has 0 radical (unpaired) electrons. The Balaban J connectivity index is 2.59. The first-order valence-corrected chi connectivity index (χ1v) is 5.00. The first kappa shape index (κ1) is 10.6. The predicted molar refractivity (Wildman–Crippen MR) is 61.6 cm³/mol. The maximum Gasteiger partial charge on any atom is 0.337 e. The van der Waals surface area contributed by atoms with Crippen LogP contribution in [0, 0.1) is 0 Å². The summed E-state index contributed by atoms with van der Waals surface area (Å²) in [4.78, 5) is 14.8. The van der Waals surface area contributed by atoms with E-state index in [4.69, 9.17) is 16.7 Å². The van der Waals surface area contributed by atoms with Gasteiger partial charge in [0.15, 0.2) is 0 Å². The summed E-state index contributed by atoms with van der Waals surface area (Å²) >= 11 is 6.04. The highest BCUT2D eigenvalue weighted by atomic mass is 35.5. The number of hydrogen-bond donors (Lipinski definition) is 1. The molecular weight excluding hydrogens is 226 g/mol. The van der Waals surface area contributed by atoms with Gasteiger partial charge in [0.2, 0.25) is 0 Å². The summed E-state index contributed by atoms with van der Waals surface area (Å²) in [7, 11) is 0. The molecule has 0 saturated heterocycles. The number of pyridine rings is 1. The monoisotopic (exact) mass is 233 g/mol. The summed E-state index contributed by atoms with van der Waals surface area (Å²) < 4.78 is 0. The van der Waals surface area contributed by atoms with E-state index in [-0.39, 0.29) is 10.6 Å². The molecule has 80 valence electrons. The van der Waals surface area contributed by atoms with E-state index in [2.05, 4.69) is 4.98 Å². The van der Waals surface area contributed by atoms with Crippen LogP contribution in [-0.4, -0.2) is 16.1 Å². The molecule has 0 spiro atoms. The number of benzene rings is 1. The van der Waals surface area contributed by atoms with Crippen LogP contribution in [0.5, 0.6) is 0 Å². The van der Waals surface area contributed by atoms with Gasteiger partial charge in [0.1, 0.15) is 0 Å². The van der Waals surface area contributed by atoms with Crippen LogP contribution in [0.2, 0.25) is 5.02 Å². The Morgan fingerprint density at radius 2 is 1.88 bits per heavy atom. The molecular formula is C12H8ClNO2. The summed E-state index contributed by atoms with van der Waals surface area (Å²) in [5.74, 6) is -1.03. The van der Waals surface area contributed by atoms with Crippen molar-refractivity contribution in [2.24, 2.45) is 0 Å². The minimum absolute atomic E-state index is 0.107. The van der Waals surface area contributed by atoms with Gasteiger partial charge in [-0.05, 0) is 23.8 Å². The van der Waals surface area contributed by atoms with Crippen molar-refractivity contribution in [1.29, 1.82) is 0 Å². The lowest BCUT2D eigenvalue weighted by atomic mass is 10.0. The molecule has 1 N–H and O–H groups in total. The Kier molecular flexibility index (Phi) is 2.88. The Morgan fingerprint density at radius 1 is 1.19 bits per heavy atom. The van der Waals surface area contributed by atoms with Crippen LogP contribution >= 0.6 is 11.6 Å². The zero-order valence-corrected chi connectivity index (χ0v) is 8.98. The fourth-order valence-electron chi connectivity index (χ4n) is 1.45. The summed E-state index contributed by atoms with van der Waals surface area (Å²) in [6.07, 6.45) is 3.28. The van der Waals surface area contributed by atoms with Gasteiger partial charge in [-0.3, -0.25) is 4.98 Å². The van der Waals surface area contributed by atoms with Gasteiger partial charge in [-0.25, -0.2) is 4.79 Å². The number of carboxylic acid groups (broad SMARTS) is 1. The standard InChI is InChI=1S/C12H8ClNO2/c13-11-9(8-4-6-14-7-5-8)2-1-3-10(11)12(15)16/h1-7H,(H,15,16). The number of nitrogens with zero attached hydrogens (tertiary/aromatic N) is 1. The smallest absolute Gasteiger partial charge is 0.337 e. The average Bonchev–Trinajstić information content (AvgIpc) is 2.30. The first-order chi connectivity index (χ1) is 7.70. The van der Waals surface area contributed by atoms with Crippen molar-refractivity contribution in [1.82, 2.24) is 4.98 Å². The summed E-state index contributed by atoms with van der Waals surface area (Å²) in [5.41, 5.74) is 1.66. The summed E-state index contributed by atoms with van der Waals surface area (Å²) in [6, 6.07) is 8.50. The van der Waals surface area contributed by atoms with Crippen molar-refractivity contribution in [2.75, 3.05) is 0 Å². The molecule has 0 saturated carbocycles. The number of halogens is 1. The van der Waals surface area contributed by atoms with E-state index in [1.807, 2.05) is 0 Å². The van der Waals surface area contributed by atoms with Crippen LogP contribution in [-0.2, 0) is 0 Å². The number of carboxylic acids is 1. The second-order valence-electron chi connectivity index (χ2n) is 3.21. The third-order valence-electron chi connectivity index (χ3n) is 2.22. The topological polar surface area (TPSA) is 50.2 Å². The van der Waals surface area contributed by atoms with Gasteiger partial charge < -0.3 is 5.11 Å². The molecule has 1 aromatic heterocycles. The summed E-state index contributed by atoms with van der Waals surface area (Å²) in [6.45, 7) is 0. The lowest BCUT2D eigenvalue weighted by Crippen LogP contribution is -1.98. The molecule has 1 aromatic carbocycles. The molecule has 1 heterocycles. The molecule has 0 aliphatic rings. The van der Waals surface area contributed by atoms with Crippen LogP contribution in [0.4, 0.5) is 0 Å². The number of rotatable bonds is 2. The molecule has 16 heavy (non-hydrogen) atoms. The van der Waals surface area contributed by atoms with Crippen molar-refractivity contribution in [3.63, 3.8) is 0 Å². The van der Waals surface area contributed by atoms with Gasteiger partial charge in [0.25, 0.3) is 0 Å². The quantitative estimate of drug-likeness (QED) is 0.867. The van der Waals surface area contributed by atoms with Crippen LogP contribution < -0.4 is 0 Å². The van der Waals surface area contributed by atoms with Crippen molar-refractivity contribution in [3.8, 4) is 11.1 Å². The molecule has 0 aliphatic heterocycles. The Hall–Kier alpha value is -1.87. The van der Waals surface area contributed by atoms with Crippen molar-refractivity contribution in [3.05, 3.63) is 53.3 Å². The van der Waals surface area contributed by atoms with Crippen molar-refractivity contribution >= 4 is 17.6 Å². The maximum atomic E-state index is 10.9. The zero-order valence-electron chi connectivity index (χ0n) is 8.22. The largest absolute Gasteiger partial charge is 0.478 e. The molecule has 2 rings (SSSR count). The van der Waals surface area contributed by atoms with Gasteiger partial charge in [0.05, 0.1) is 10.6 Å². The van der Waals surface area contributed by atoms with Gasteiger partial charge >= 0.3 is 5.97 Å². The van der Waals surface area contributed by atoms with Crippen LogP contribution in [0.3, 0.4) is 0 Å². The molecule has 0 fully saturated rings. The average molecular weight is 234 g/mol. The molecule has 3 nitrogen and oxygen atoms in total. The third kappa shape index (κ3) is 1.90. The number of hydrogen-bond acceptors (Lipinski definition) is 2. The normalized spacial score (nSPS) is 10.1. The lowest BCUT2D eigenvalue weighted by molar-refractivity contribution is 0.0697. The van der Waals surface area contributed by atoms with Crippen LogP contribution in [0.25, 0.3) is 11.1 Å². The molecule has 0 bridgehead atoms. The highest BCUT2D eigenvalue weighted by Crippen LogP contribution is 2.30. The second-order valence-corrected chi connectivity index (χ2v) is 3.59. The first-order valence-electron chi connectivity index (χ1n) is 4.62. The molecule has 0 unspecified atom stereocenters. The molecule has 4 heteroatoms. The van der Waals surface area contributed by atoms with Crippen LogP contribution in [0.1, 0.15) is 10.4 Å². The van der Waals surface area contributed by atoms with E-state index in [1.165, 1.54) is 6.07 Å². The van der Waals surface area contributed by atoms with Gasteiger partial charge in [-0.2, -0.15) is 0 Å². The Labute approximate surface area is 97.3 Å². The van der Waals surface area contributed by atoms with Crippen LogP contribution in [0.15, 0.2) is 42.7 Å². The summed E-state index contributed by atoms with van der Waals surface area (Å²) in [5, 5.41) is 9.19. The van der Waals surface area contributed by atoms with Crippen molar-refractivity contribution < 1.29 is 9.90 Å². The minimum atomic E-state index is -1.03. The maximum absolute atomic E-state index is 10.9. The highest BCUT2D eigenvalue weighted by molar-refractivity contribution is 6.36. The van der Waals surface area contributed by atoms with Crippen molar-refractivity contribution in [2.45, 2.75) is 0 Å². The number of aromatic carboxylic acids is 1. The second kappa shape index (κ2) is 4.33. The molecule has 0 atom stereocenters. The van der Waals surface area contributed by atoms with E-state index in [9.17, 15) is 4.79 Å². The Bertz CT molecular complexity index is 526. The Morgan fingerprint density at radius 3 is 2.50 bits per heavy atom. The van der Waals surface area contributed by atoms with E-state index in [1.54, 1.807) is 36.7 Å². The van der Waals surface area contributed by atoms with E-state index in [0.717, 1.165) is 5.56 Å². The third-order valence-corrected chi connectivity index (χ3v) is 2.63. The van der Waals surface area contributed by atoms with E-state index < -0.39 is 5.97 Å². The highest BCUT2D eigenvalue weighted by Gasteiger charge is 2.12. The van der Waals surface area contributed by atoms with E-state index in [0.29, 0.717) is 5.56 Å². The fraction of sp³-hybridized carbons (Fsp3) is 0. The van der Waals surface area contributed by atoms with Gasteiger partial charge in [0, 0.05) is 18.0 Å². The van der Waals surface area contributed by atoms with Gasteiger partial charge in [-0.1, -0.05) is 23.7 Å². The zero-order chi connectivity index (χ0) is 11.5. The fourth-order valence-corrected chi connectivity index (χ4v) is 1.77. The SMILES string of the molecule is O=C(O)c1cccc(-c2ccncc2)c1Cl. The molecule has 0 aliphatic carbocycles. The van der Waals surface area contributed by atoms with E-state index >= 15 is 0 Å². The molecule has 0 amide bonds. The number of aromatic nitrogens is 1. The number of carbonyl (C=O) groups is 1. The van der Waals surface area contributed by atoms with Gasteiger partial charge in [-0.15, -0.1) is 0 Å². The predicted octanol–water partition coefficient (Wildman–Crippen LogP) is 3.10. The minimum Gasteiger partial charge on any atom is -0.478 e.